The summed E-state index contributed by atoms with van der Waals surface area (Å²) in [6, 6.07) is 9.76. The Morgan fingerprint density at radius 3 is 2.30 bits per heavy atom. The molecule has 23 heavy (non-hydrogen) atoms. The molecule has 0 aliphatic rings. The van der Waals surface area contributed by atoms with Crippen molar-refractivity contribution in [3.63, 3.8) is 0 Å². The van der Waals surface area contributed by atoms with E-state index in [9.17, 15) is 12.8 Å². The maximum atomic E-state index is 13.4. The second kappa shape index (κ2) is 6.95. The fourth-order valence-corrected chi connectivity index (χ4v) is 3.87. The third-order valence-corrected chi connectivity index (χ3v) is 5.03. The van der Waals surface area contributed by atoms with Crippen LogP contribution in [-0.2, 0) is 10.0 Å². The first-order valence-electron chi connectivity index (χ1n) is 7.12. The SMILES string of the molecule is Cc1cc(C)c(S(=O)(=O)NCC#Cc2ccccc2F)c(C)c1. The van der Waals surface area contributed by atoms with Crippen molar-refractivity contribution in [3.05, 3.63) is 64.5 Å². The van der Waals surface area contributed by atoms with Gasteiger partial charge in [-0.05, 0) is 44.0 Å². The van der Waals surface area contributed by atoms with Gasteiger partial charge in [0.2, 0.25) is 10.0 Å². The molecule has 2 aromatic carbocycles. The van der Waals surface area contributed by atoms with Gasteiger partial charge in [-0.15, -0.1) is 0 Å². The maximum Gasteiger partial charge on any atom is 0.241 e. The summed E-state index contributed by atoms with van der Waals surface area (Å²) < 4.78 is 40.7. The molecule has 1 N–H and O–H groups in total. The molecule has 5 heteroatoms. The largest absolute Gasteiger partial charge is 0.241 e. The molecule has 0 bridgehead atoms. The van der Waals surface area contributed by atoms with Crippen LogP contribution in [0.25, 0.3) is 0 Å². The Hall–Kier alpha value is -2.16. The Bertz CT molecular complexity index is 870. The summed E-state index contributed by atoms with van der Waals surface area (Å²) in [5, 5.41) is 0. The van der Waals surface area contributed by atoms with Crippen molar-refractivity contribution in [2.24, 2.45) is 0 Å². The number of nitrogens with one attached hydrogen (secondary N) is 1. The molecular weight excluding hydrogens is 313 g/mol. The lowest BCUT2D eigenvalue weighted by Gasteiger charge is -2.11. The van der Waals surface area contributed by atoms with Gasteiger partial charge in [0, 0.05) is 0 Å². The van der Waals surface area contributed by atoms with E-state index in [4.69, 9.17) is 0 Å². The lowest BCUT2D eigenvalue weighted by Crippen LogP contribution is -2.25. The maximum absolute atomic E-state index is 13.4. The van der Waals surface area contributed by atoms with Crippen molar-refractivity contribution in [1.29, 1.82) is 0 Å². The van der Waals surface area contributed by atoms with Crippen molar-refractivity contribution in [2.75, 3.05) is 6.54 Å². The summed E-state index contributed by atoms with van der Waals surface area (Å²) in [6.45, 7) is 5.37. The van der Waals surface area contributed by atoms with Crippen LogP contribution in [-0.4, -0.2) is 15.0 Å². The van der Waals surface area contributed by atoms with Crippen molar-refractivity contribution in [1.82, 2.24) is 4.72 Å². The molecule has 0 radical (unpaired) electrons. The van der Waals surface area contributed by atoms with Gasteiger partial charge in [0.25, 0.3) is 0 Å². The van der Waals surface area contributed by atoms with Crippen molar-refractivity contribution < 1.29 is 12.8 Å². The fourth-order valence-electron chi connectivity index (χ4n) is 2.50. The molecule has 0 aromatic heterocycles. The van der Waals surface area contributed by atoms with E-state index >= 15 is 0 Å². The Morgan fingerprint density at radius 1 is 1.09 bits per heavy atom. The van der Waals surface area contributed by atoms with Crippen LogP contribution in [0.4, 0.5) is 4.39 Å². The molecule has 0 atom stereocenters. The zero-order chi connectivity index (χ0) is 17.0. The van der Waals surface area contributed by atoms with Crippen LogP contribution in [0.15, 0.2) is 41.3 Å². The molecule has 3 nitrogen and oxygen atoms in total. The topological polar surface area (TPSA) is 46.2 Å². The summed E-state index contributed by atoms with van der Waals surface area (Å²) in [4.78, 5) is 0.274. The van der Waals surface area contributed by atoms with Gasteiger partial charge in [-0.1, -0.05) is 41.7 Å². The van der Waals surface area contributed by atoms with Gasteiger partial charge < -0.3 is 0 Å². The van der Waals surface area contributed by atoms with Gasteiger partial charge in [0.05, 0.1) is 17.0 Å². The van der Waals surface area contributed by atoms with Crippen LogP contribution in [0.2, 0.25) is 0 Å². The van der Waals surface area contributed by atoms with Crippen LogP contribution in [0, 0.1) is 38.4 Å². The van der Waals surface area contributed by atoms with Gasteiger partial charge >= 0.3 is 0 Å². The van der Waals surface area contributed by atoms with Crippen LogP contribution in [0.3, 0.4) is 0 Å². The lowest BCUT2D eigenvalue weighted by atomic mass is 10.1. The van der Waals surface area contributed by atoms with Crippen LogP contribution in [0.5, 0.6) is 0 Å². The van der Waals surface area contributed by atoms with Crippen LogP contribution < -0.4 is 4.72 Å². The zero-order valence-corrected chi connectivity index (χ0v) is 14.1. The minimum absolute atomic E-state index is 0.0799. The third-order valence-electron chi connectivity index (χ3n) is 3.32. The van der Waals surface area contributed by atoms with E-state index in [2.05, 4.69) is 16.6 Å². The van der Waals surface area contributed by atoms with E-state index in [0.717, 1.165) is 5.56 Å². The number of rotatable bonds is 3. The van der Waals surface area contributed by atoms with Gasteiger partial charge in [-0.3, -0.25) is 0 Å². The van der Waals surface area contributed by atoms with E-state index in [1.807, 2.05) is 19.1 Å². The Morgan fingerprint density at radius 2 is 1.70 bits per heavy atom. The molecule has 0 aliphatic carbocycles. The molecule has 2 aromatic rings. The number of sulfonamides is 1. The average Bonchev–Trinajstić information content (AvgIpc) is 2.43. The van der Waals surface area contributed by atoms with Crippen LogP contribution in [0.1, 0.15) is 22.3 Å². The van der Waals surface area contributed by atoms with Gasteiger partial charge in [-0.25, -0.2) is 12.8 Å². The number of halogens is 1. The van der Waals surface area contributed by atoms with E-state index in [1.54, 1.807) is 32.0 Å². The summed E-state index contributed by atoms with van der Waals surface area (Å²) in [6.07, 6.45) is 0. The second-order valence-corrected chi connectivity index (χ2v) is 7.04. The number of hydrogen-bond donors (Lipinski definition) is 1. The number of hydrogen-bond acceptors (Lipinski definition) is 2. The average molecular weight is 331 g/mol. The van der Waals surface area contributed by atoms with Gasteiger partial charge in [0.15, 0.2) is 0 Å². The molecule has 0 unspecified atom stereocenters. The van der Waals surface area contributed by atoms with E-state index in [-0.39, 0.29) is 17.0 Å². The molecule has 0 saturated carbocycles. The third kappa shape index (κ3) is 4.19. The first-order valence-corrected chi connectivity index (χ1v) is 8.60. The molecule has 0 aliphatic heterocycles. The van der Waals surface area contributed by atoms with Gasteiger partial charge in [-0.2, -0.15) is 4.72 Å². The van der Waals surface area contributed by atoms with Crippen molar-refractivity contribution in [3.8, 4) is 11.8 Å². The van der Waals surface area contributed by atoms with Crippen molar-refractivity contribution in [2.45, 2.75) is 25.7 Å². The molecule has 0 saturated heterocycles. The quantitative estimate of drug-likeness (QED) is 0.879. The number of aryl methyl sites for hydroxylation is 3. The first kappa shape index (κ1) is 17.2. The summed E-state index contributed by atoms with van der Waals surface area (Å²) in [5.41, 5.74) is 2.64. The second-order valence-electron chi connectivity index (χ2n) is 5.33. The highest BCUT2D eigenvalue weighted by Gasteiger charge is 2.18. The van der Waals surface area contributed by atoms with E-state index in [0.29, 0.717) is 11.1 Å². The van der Waals surface area contributed by atoms with E-state index in [1.165, 1.54) is 6.07 Å². The minimum atomic E-state index is -3.65. The predicted molar refractivity (Wildman–Crippen MR) is 89.1 cm³/mol. The molecule has 2 rings (SSSR count). The summed E-state index contributed by atoms with van der Waals surface area (Å²) in [7, 11) is -3.65. The standard InChI is InChI=1S/C18H18FNO2S/c1-13-11-14(2)18(15(3)12-13)23(21,22)20-10-6-8-16-7-4-5-9-17(16)19/h4-5,7,9,11-12,20H,10H2,1-3H3. The Kier molecular flexibility index (Phi) is 5.19. The highest BCUT2D eigenvalue weighted by atomic mass is 32.2. The molecule has 120 valence electrons. The van der Waals surface area contributed by atoms with Gasteiger partial charge in [0.1, 0.15) is 5.82 Å². The predicted octanol–water partition coefficient (Wildman–Crippen LogP) is 3.08. The summed E-state index contributed by atoms with van der Waals surface area (Å²) >= 11 is 0. The Labute approximate surface area is 136 Å². The molecule has 0 amide bonds. The Balaban J connectivity index is 2.17. The number of benzene rings is 2. The first-order chi connectivity index (χ1) is 10.8. The molecule has 0 spiro atoms. The molecule has 0 heterocycles. The highest BCUT2D eigenvalue weighted by molar-refractivity contribution is 7.89. The highest BCUT2D eigenvalue weighted by Crippen LogP contribution is 2.21. The zero-order valence-electron chi connectivity index (χ0n) is 13.3. The lowest BCUT2D eigenvalue weighted by molar-refractivity contribution is 0.585. The fraction of sp³-hybridized carbons (Fsp3) is 0.222. The molecule has 0 fully saturated rings. The molecular formula is C18H18FNO2S. The minimum Gasteiger partial charge on any atom is -0.207 e. The van der Waals surface area contributed by atoms with Crippen LogP contribution >= 0.6 is 0 Å². The smallest absolute Gasteiger partial charge is 0.207 e. The monoisotopic (exact) mass is 331 g/mol. The summed E-state index contributed by atoms with van der Waals surface area (Å²) in [5.74, 6) is 4.84. The van der Waals surface area contributed by atoms with E-state index < -0.39 is 15.8 Å². The van der Waals surface area contributed by atoms with Crippen molar-refractivity contribution >= 4 is 10.0 Å². The normalized spacial score (nSPS) is 11.0.